The molecule has 0 rings (SSSR count). The summed E-state index contributed by atoms with van der Waals surface area (Å²) in [5, 5.41) is 0. The van der Waals surface area contributed by atoms with Gasteiger partial charge in [0.1, 0.15) is 0 Å². The maximum Gasteiger partial charge on any atom is 1.00 e. The van der Waals surface area contributed by atoms with Gasteiger partial charge in [-0.05, 0) is 32.1 Å². The Bertz CT molecular complexity index is 1350. The van der Waals surface area contributed by atoms with Gasteiger partial charge < -0.3 is 46.8 Å². The molecule has 17 nitrogen and oxygen atoms in total. The van der Waals surface area contributed by atoms with Crippen LogP contribution in [0, 0.1) is 16.2 Å². The number of hydrogen-bond donors (Lipinski definition) is 0. The van der Waals surface area contributed by atoms with Gasteiger partial charge in [0.25, 0.3) is 0 Å². The van der Waals surface area contributed by atoms with Crippen molar-refractivity contribution in [2.24, 2.45) is 16.2 Å². The minimum absolute atomic E-state index is 0. The molecule has 0 radical (unpaired) electrons. The molecule has 0 saturated carbocycles. The van der Waals surface area contributed by atoms with E-state index in [1.165, 1.54) is 0 Å². The molecule has 0 heterocycles. The van der Waals surface area contributed by atoms with Gasteiger partial charge in [0.2, 0.25) is 10.4 Å². The smallest absolute Gasteiger partial charge is 0.748 e. The SMILES string of the molecule is CCCCCCOCC(COCC(COCCCCCC)(COCCCCCC)CS(=O)(=O)[O-])(COCC(COCCCCCC)(COCCCCCC)CS(=O)(=O)[O-])COS(=O)(=O)[O-].[Na+].[Na+].[Na+]. The molecule has 68 heavy (non-hydrogen) atoms. The minimum Gasteiger partial charge on any atom is -0.748 e. The Kier molecular flexibility index (Phi) is 52.8. The van der Waals surface area contributed by atoms with E-state index in [0.29, 0.717) is 58.5 Å². The summed E-state index contributed by atoms with van der Waals surface area (Å²) < 4.78 is 158. The van der Waals surface area contributed by atoms with Gasteiger partial charge in [-0.2, -0.15) is 0 Å². The van der Waals surface area contributed by atoms with Gasteiger partial charge in [-0.25, -0.2) is 25.3 Å². The third-order valence-corrected chi connectivity index (χ3v) is 13.2. The molecule has 0 saturated heterocycles. The maximum absolute atomic E-state index is 12.5. The third kappa shape index (κ3) is 45.8. The van der Waals surface area contributed by atoms with Gasteiger partial charge in [-0.1, -0.05) is 131 Å². The normalized spacial score (nSPS) is 12.7. The molecule has 0 aliphatic heterocycles. The van der Waals surface area contributed by atoms with Crippen molar-refractivity contribution in [1.82, 2.24) is 0 Å². The van der Waals surface area contributed by atoms with Crippen molar-refractivity contribution in [3.05, 3.63) is 0 Å². The molecular formula is C45H89Na3O17S3. The predicted octanol–water partition coefficient (Wildman–Crippen LogP) is -1.46. The fourth-order valence-electron chi connectivity index (χ4n) is 7.26. The van der Waals surface area contributed by atoms with Gasteiger partial charge in [0.15, 0.2) is 0 Å². The molecule has 0 fully saturated rings. The van der Waals surface area contributed by atoms with E-state index < -0.39 is 91.4 Å². The summed E-state index contributed by atoms with van der Waals surface area (Å²) >= 11 is 0. The summed E-state index contributed by atoms with van der Waals surface area (Å²) in [4.78, 5) is 0. The quantitative estimate of drug-likeness (QED) is 0.0293. The fourth-order valence-corrected chi connectivity index (χ4v) is 9.66. The van der Waals surface area contributed by atoms with Gasteiger partial charge >= 0.3 is 88.7 Å². The van der Waals surface area contributed by atoms with Crippen LogP contribution in [-0.4, -0.2) is 150 Å². The predicted molar refractivity (Wildman–Crippen MR) is 249 cm³/mol. The van der Waals surface area contributed by atoms with Crippen LogP contribution in [0.15, 0.2) is 0 Å². The zero-order valence-electron chi connectivity index (χ0n) is 43.8. The zero-order valence-corrected chi connectivity index (χ0v) is 52.3. The summed E-state index contributed by atoms with van der Waals surface area (Å²) in [5.74, 6) is -1.76. The molecule has 0 aromatic heterocycles. The van der Waals surface area contributed by atoms with Crippen molar-refractivity contribution in [2.75, 3.05) is 111 Å². The molecule has 0 bridgehead atoms. The summed E-state index contributed by atoms with van der Waals surface area (Å²) in [5.41, 5.74) is -4.53. The Morgan fingerprint density at radius 2 is 0.529 bits per heavy atom. The molecule has 0 aliphatic rings. The summed E-state index contributed by atoms with van der Waals surface area (Å²) in [6, 6.07) is 0. The van der Waals surface area contributed by atoms with Crippen LogP contribution in [0.1, 0.15) is 163 Å². The molecule has 392 valence electrons. The van der Waals surface area contributed by atoms with E-state index in [1.54, 1.807) is 0 Å². The monoisotopic (exact) mass is 1070 g/mol. The van der Waals surface area contributed by atoms with Gasteiger partial charge in [-0.3, -0.25) is 4.18 Å². The van der Waals surface area contributed by atoms with Crippen molar-refractivity contribution in [3.63, 3.8) is 0 Å². The van der Waals surface area contributed by atoms with Gasteiger partial charge in [-0.15, -0.1) is 0 Å². The van der Waals surface area contributed by atoms with E-state index in [1.807, 2.05) is 0 Å². The fraction of sp³-hybridized carbons (Fsp3) is 1.00. The van der Waals surface area contributed by atoms with Crippen molar-refractivity contribution < 1.29 is 165 Å². The molecule has 23 heteroatoms. The zero-order chi connectivity index (χ0) is 48.8. The summed E-state index contributed by atoms with van der Waals surface area (Å²) in [7, 11) is -15.0. The first-order valence-electron chi connectivity index (χ1n) is 24.4. The molecule has 0 unspecified atom stereocenters. The Hall–Kier alpha value is 2.41. The van der Waals surface area contributed by atoms with E-state index in [4.69, 9.17) is 37.3 Å². The summed E-state index contributed by atoms with van der Waals surface area (Å²) in [6.45, 7) is 8.35. The van der Waals surface area contributed by atoms with E-state index >= 15 is 0 Å². The van der Waals surface area contributed by atoms with Crippen LogP contribution in [0.5, 0.6) is 0 Å². The minimum atomic E-state index is -5.28. The first kappa shape index (κ1) is 76.9. The molecule has 0 amide bonds. The Balaban J connectivity index is -0.00000683. The van der Waals surface area contributed by atoms with E-state index in [0.717, 1.165) is 96.3 Å². The van der Waals surface area contributed by atoms with Crippen LogP contribution in [0.2, 0.25) is 0 Å². The second-order valence-electron chi connectivity index (χ2n) is 18.1. The second kappa shape index (κ2) is 46.7. The first-order valence-corrected chi connectivity index (χ1v) is 28.8. The van der Waals surface area contributed by atoms with Crippen LogP contribution < -0.4 is 88.7 Å². The summed E-state index contributed by atoms with van der Waals surface area (Å²) in [6.07, 6.45) is 17.9. The number of rotatable bonds is 50. The Morgan fingerprint density at radius 1 is 0.309 bits per heavy atom. The van der Waals surface area contributed by atoms with Crippen LogP contribution in [0.25, 0.3) is 0 Å². The molecule has 0 aromatic carbocycles. The number of ether oxygens (including phenoxy) is 7. The molecule has 0 atom stereocenters. The average Bonchev–Trinajstić information content (AvgIpc) is 3.22. The van der Waals surface area contributed by atoms with Crippen LogP contribution in [0.4, 0.5) is 0 Å². The van der Waals surface area contributed by atoms with Crippen molar-refractivity contribution in [2.45, 2.75) is 163 Å². The number of unbranched alkanes of at least 4 members (excludes halogenated alkanes) is 15. The van der Waals surface area contributed by atoms with Crippen LogP contribution in [-0.2, 0) is 68.0 Å². The van der Waals surface area contributed by atoms with E-state index in [2.05, 4.69) is 34.6 Å². The standard InChI is InChI=1S/C45H92O17S3.3Na/c1-6-11-16-21-26-55-31-43(40-62-65(52,53)54,32-60-38-44(41-63(46,47)48,34-56-27-22-17-12-7-2)35-57-28-23-18-13-8-3)33-61-39-45(42-64(49,50)51,36-58-29-24-19-14-9-4)37-59-30-25-20-15-10-5;;;/h6-42H2,1-5H3,(H,46,47,48)(H,49,50,51)(H,52,53,54);;;/q;3*+1/p-3. The topological polar surface area (TPSA) is 245 Å². The molecule has 0 aromatic rings. The van der Waals surface area contributed by atoms with E-state index in [-0.39, 0.29) is 128 Å². The molecule has 0 spiro atoms. The van der Waals surface area contributed by atoms with Crippen molar-refractivity contribution in [1.29, 1.82) is 0 Å². The third-order valence-electron chi connectivity index (χ3n) is 10.9. The van der Waals surface area contributed by atoms with Gasteiger partial charge in [0.05, 0.1) is 114 Å². The Morgan fingerprint density at radius 3 is 0.750 bits per heavy atom. The van der Waals surface area contributed by atoms with Crippen molar-refractivity contribution >= 4 is 30.6 Å². The largest absolute Gasteiger partial charge is 1.00 e. The first-order chi connectivity index (χ1) is 30.8. The number of hydrogen-bond acceptors (Lipinski definition) is 17. The maximum atomic E-state index is 12.5. The van der Waals surface area contributed by atoms with Crippen molar-refractivity contribution in [3.8, 4) is 0 Å². The van der Waals surface area contributed by atoms with E-state index in [9.17, 15) is 38.9 Å². The average molecular weight is 1070 g/mol. The van der Waals surface area contributed by atoms with Crippen LogP contribution >= 0.6 is 0 Å². The van der Waals surface area contributed by atoms with Crippen LogP contribution in [0.3, 0.4) is 0 Å². The van der Waals surface area contributed by atoms with Gasteiger partial charge in [0, 0.05) is 33.0 Å². The molecule has 0 N–H and O–H groups in total. The molecular weight excluding hydrogens is 978 g/mol. The Labute approximate surface area is 480 Å². The second-order valence-corrected chi connectivity index (χ2v) is 22.0. The molecule has 0 aliphatic carbocycles.